The molecule has 0 unspecified atom stereocenters. The Hall–Kier alpha value is 0.899. The second-order valence-corrected chi connectivity index (χ2v) is 12.6. The summed E-state index contributed by atoms with van der Waals surface area (Å²) in [6, 6.07) is 24.0. The maximum atomic E-state index is 4.95. The maximum Gasteiger partial charge on any atom is 3.00 e. The van der Waals surface area contributed by atoms with Crippen LogP contribution in [0.25, 0.3) is 0 Å². The van der Waals surface area contributed by atoms with Crippen LogP contribution in [-0.4, -0.2) is 0 Å². The zero-order valence-electron chi connectivity index (χ0n) is 7.37. The number of hydrogen-bond donors (Lipinski definition) is 0. The Morgan fingerprint density at radius 3 is 0.875 bits per heavy atom. The first-order chi connectivity index (χ1) is 7.00. The first-order valence-electron chi connectivity index (χ1n) is 3.19. The fraction of sp³-hybridized carbons (Fsp3) is 0. The van der Waals surface area contributed by atoms with Gasteiger partial charge in [-0.1, -0.05) is 0 Å². The first-order valence-corrected chi connectivity index (χ1v) is 9.27. The molecule has 0 saturated heterocycles. The summed E-state index contributed by atoms with van der Waals surface area (Å²) in [5.74, 6) is 0. The Balaban J connectivity index is 0. The van der Waals surface area contributed by atoms with Gasteiger partial charge in [-0.3, -0.25) is 0 Å². The first kappa shape index (κ1) is 19.2. The second-order valence-electron chi connectivity index (χ2n) is 1.67. The molecule has 0 spiro atoms. The monoisotopic (exact) mass is 374 g/mol. The Kier molecular flexibility index (Phi) is 14.9. The van der Waals surface area contributed by atoms with E-state index < -0.39 is 9.20 Å². The van der Waals surface area contributed by atoms with Gasteiger partial charge in [-0.2, -0.15) is 0 Å². The molecule has 0 aliphatic rings. The topological polar surface area (TPSA) is 0 Å². The molecule has 2 rings (SSSR count). The van der Waals surface area contributed by atoms with E-state index >= 15 is 0 Å². The van der Waals surface area contributed by atoms with Gasteiger partial charge in [0.1, 0.15) is 0 Å². The molecule has 0 N–H and O–H groups in total. The third-order valence-corrected chi connectivity index (χ3v) is 0.702. The van der Waals surface area contributed by atoms with Crippen LogP contribution in [0.3, 0.4) is 0 Å². The molecule has 2 aromatic rings. The molecule has 0 fully saturated rings. The third-order valence-electron chi connectivity index (χ3n) is 0.702. The molecule has 0 aliphatic carbocycles. The van der Waals surface area contributed by atoms with Gasteiger partial charge in [0.15, 0.2) is 0 Å². The van der Waals surface area contributed by atoms with Gasteiger partial charge in [0.25, 0.3) is 0 Å². The van der Waals surface area contributed by atoms with E-state index in [1.807, 2.05) is 0 Å². The van der Waals surface area contributed by atoms with Gasteiger partial charge in [0, 0.05) is 0 Å². The van der Waals surface area contributed by atoms with Crippen molar-refractivity contribution < 1.29 is 26.3 Å². The van der Waals surface area contributed by atoms with E-state index in [2.05, 4.69) is 48.5 Å². The fourth-order valence-electron chi connectivity index (χ4n) is 0.361. The van der Waals surface area contributed by atoms with Gasteiger partial charge < -0.3 is 60.7 Å². The minimum absolute atomic E-state index is 0. The molecular formula is C10H2Cl4Fe2-7. The zero-order chi connectivity index (χ0) is 11.6. The molecule has 0 aromatic heterocycles. The quantitative estimate of drug-likeness (QED) is 0.483. The molecule has 93 valence electrons. The predicted molar refractivity (Wildman–Crippen MR) is 58.2 cm³/mol. The molecule has 1 radical (unpaired) electrons. The Bertz CT molecular complexity index is 220. The average Bonchev–Trinajstić information content (AvgIpc) is 2.81. The second kappa shape index (κ2) is 12.4. The van der Waals surface area contributed by atoms with Crippen LogP contribution in [0.15, 0.2) is 12.1 Å². The van der Waals surface area contributed by atoms with Crippen LogP contribution in [0, 0.1) is 48.5 Å². The Labute approximate surface area is 126 Å². The van der Waals surface area contributed by atoms with E-state index in [4.69, 9.17) is 40.4 Å². The summed E-state index contributed by atoms with van der Waals surface area (Å²) in [5.41, 5.74) is 0. The van der Waals surface area contributed by atoms with Crippen molar-refractivity contribution in [3.63, 3.8) is 0 Å². The van der Waals surface area contributed by atoms with Crippen molar-refractivity contribution in [2.24, 2.45) is 0 Å². The van der Waals surface area contributed by atoms with Crippen LogP contribution in [0.1, 0.15) is 0 Å². The van der Waals surface area contributed by atoms with Gasteiger partial charge in [0.2, 0.25) is 0 Å². The van der Waals surface area contributed by atoms with Crippen LogP contribution >= 0.6 is 40.4 Å². The summed E-state index contributed by atoms with van der Waals surface area (Å²) in [5, 5.41) is 0. The van der Waals surface area contributed by atoms with E-state index in [1.165, 1.54) is 0 Å². The molecule has 6 heteroatoms. The van der Waals surface area contributed by atoms with Crippen molar-refractivity contribution in [3.8, 4) is 0 Å². The van der Waals surface area contributed by atoms with Gasteiger partial charge >= 0.3 is 66.7 Å². The summed E-state index contributed by atoms with van der Waals surface area (Å²) in [4.78, 5) is 0. The van der Waals surface area contributed by atoms with Crippen molar-refractivity contribution in [1.82, 2.24) is 0 Å². The summed E-state index contributed by atoms with van der Waals surface area (Å²) >= 11 is 0. The molecule has 0 heterocycles. The van der Waals surface area contributed by atoms with E-state index in [0.717, 1.165) is 0 Å². The molecule has 0 amide bonds. The standard InChI is InChI=1S/2C5H.4ClH.2Fe/c2*1-2-4-5-3-1;;;;;;/h2*1H;4*1H;;/q2*-5;;;;;+3;+4/p-4. The van der Waals surface area contributed by atoms with Gasteiger partial charge in [-0.25, -0.2) is 0 Å². The summed E-state index contributed by atoms with van der Waals surface area (Å²) in [7, 11) is 17.2. The molecule has 16 heavy (non-hydrogen) atoms. The van der Waals surface area contributed by atoms with Crippen molar-refractivity contribution in [1.29, 1.82) is 0 Å². The van der Waals surface area contributed by atoms with Crippen LogP contribution < -0.4 is 0 Å². The summed E-state index contributed by atoms with van der Waals surface area (Å²) < 4.78 is 0. The minimum Gasteiger partial charge on any atom is -0.999 e. The fourth-order valence-corrected chi connectivity index (χ4v) is 0.361. The number of halogens is 4. The predicted octanol–water partition coefficient (Wildman–Crippen LogP) is 3.97. The van der Waals surface area contributed by atoms with Crippen molar-refractivity contribution >= 4 is 40.4 Å². The molecule has 0 aliphatic heterocycles. The zero-order valence-corrected chi connectivity index (χ0v) is 12.6. The molecule has 2 aromatic carbocycles. The number of hydrogen-bond acceptors (Lipinski definition) is 0. The summed E-state index contributed by atoms with van der Waals surface area (Å²) in [6.07, 6.45) is 0. The SMILES string of the molecule is [Cl][Fe]([Cl])([Cl])[Cl].[Fe+3].[c-]1[c-][c-][cH-][c-]1.[c-]1[c-][c-][cH-][c-]1. The van der Waals surface area contributed by atoms with E-state index in [0.29, 0.717) is 0 Å². The van der Waals surface area contributed by atoms with E-state index in [1.54, 1.807) is 12.1 Å². The molecular weight excluding hydrogens is 374 g/mol. The largest absolute Gasteiger partial charge is 3.00 e. The van der Waals surface area contributed by atoms with Gasteiger partial charge in [0.05, 0.1) is 0 Å². The van der Waals surface area contributed by atoms with Crippen LogP contribution in [0.2, 0.25) is 0 Å². The van der Waals surface area contributed by atoms with Crippen molar-refractivity contribution in [2.45, 2.75) is 0 Å². The van der Waals surface area contributed by atoms with E-state index in [9.17, 15) is 0 Å². The Morgan fingerprint density at radius 2 is 0.812 bits per heavy atom. The average molecular weight is 376 g/mol. The molecule has 0 saturated carbocycles. The van der Waals surface area contributed by atoms with Crippen LogP contribution in [0.5, 0.6) is 0 Å². The van der Waals surface area contributed by atoms with Gasteiger partial charge in [-0.05, 0) is 0 Å². The maximum absolute atomic E-state index is 4.95. The molecule has 0 atom stereocenters. The van der Waals surface area contributed by atoms with Crippen LogP contribution in [0.4, 0.5) is 0 Å². The normalized spacial score (nSPS) is 9.75. The van der Waals surface area contributed by atoms with Crippen molar-refractivity contribution in [3.05, 3.63) is 60.7 Å². The Morgan fingerprint density at radius 1 is 0.625 bits per heavy atom. The molecule has 0 nitrogen and oxygen atoms in total. The smallest absolute Gasteiger partial charge is 0.999 e. The number of rotatable bonds is 0. The van der Waals surface area contributed by atoms with Gasteiger partial charge in [-0.15, -0.1) is 0 Å². The van der Waals surface area contributed by atoms with E-state index in [-0.39, 0.29) is 17.1 Å². The van der Waals surface area contributed by atoms with Crippen molar-refractivity contribution in [2.75, 3.05) is 0 Å². The summed E-state index contributed by atoms with van der Waals surface area (Å²) in [6.45, 7) is 0. The molecule has 0 bridgehead atoms. The minimum atomic E-state index is -2.61. The van der Waals surface area contributed by atoms with Crippen LogP contribution in [-0.2, 0) is 26.3 Å². The third kappa shape index (κ3) is 24.2.